The highest BCUT2D eigenvalue weighted by Crippen LogP contribution is 2.23. The van der Waals surface area contributed by atoms with Crippen LogP contribution >= 0.6 is 11.3 Å². The number of nitrogens with two attached hydrogens (primary N) is 1. The summed E-state index contributed by atoms with van der Waals surface area (Å²) >= 11 is 1.60. The molecule has 0 saturated heterocycles. The zero-order valence-electron chi connectivity index (χ0n) is 12.9. The summed E-state index contributed by atoms with van der Waals surface area (Å²) in [5.74, 6) is -0.0327. The molecule has 114 valence electrons. The van der Waals surface area contributed by atoms with Gasteiger partial charge < -0.3 is 15.6 Å². The van der Waals surface area contributed by atoms with Gasteiger partial charge in [-0.05, 0) is 24.9 Å². The average Bonchev–Trinajstić information content (AvgIpc) is 3.05. The van der Waals surface area contributed by atoms with Crippen LogP contribution in [0.4, 0.5) is 0 Å². The number of aryl methyl sites for hydroxylation is 1. The Hall–Kier alpha value is -1.66. The number of amides is 1. The van der Waals surface area contributed by atoms with Gasteiger partial charge in [0.1, 0.15) is 5.69 Å². The van der Waals surface area contributed by atoms with Gasteiger partial charge in [0.05, 0.1) is 10.7 Å². The summed E-state index contributed by atoms with van der Waals surface area (Å²) in [6.07, 6.45) is 1.82. The van der Waals surface area contributed by atoms with E-state index in [2.05, 4.69) is 23.8 Å². The van der Waals surface area contributed by atoms with Crippen molar-refractivity contribution in [1.29, 1.82) is 0 Å². The molecule has 2 heterocycles. The van der Waals surface area contributed by atoms with Gasteiger partial charge in [0.15, 0.2) is 0 Å². The van der Waals surface area contributed by atoms with Gasteiger partial charge in [-0.3, -0.25) is 4.79 Å². The summed E-state index contributed by atoms with van der Waals surface area (Å²) in [6, 6.07) is 1.85. The standard InChI is InChI=1S/C15H22N4OS/c1-10-18-13(7-21-10)11-5-12(17-6-11)14(20)19(4)9-15(2,3)8-16/h5-7,17H,8-9,16H2,1-4H3. The Kier molecular flexibility index (Phi) is 4.49. The van der Waals surface area contributed by atoms with Crippen molar-refractivity contribution in [3.63, 3.8) is 0 Å². The molecule has 0 aliphatic carbocycles. The molecule has 1 amide bonds. The molecule has 0 radical (unpaired) electrons. The zero-order valence-corrected chi connectivity index (χ0v) is 13.8. The number of rotatable bonds is 5. The van der Waals surface area contributed by atoms with Crippen molar-refractivity contribution < 1.29 is 4.79 Å². The first kappa shape index (κ1) is 15.7. The molecular formula is C15H22N4OS. The van der Waals surface area contributed by atoms with E-state index in [1.54, 1.807) is 23.3 Å². The molecule has 0 bridgehead atoms. The fraction of sp³-hybridized carbons (Fsp3) is 0.467. The van der Waals surface area contributed by atoms with Crippen molar-refractivity contribution in [2.24, 2.45) is 11.1 Å². The number of nitrogens with one attached hydrogen (secondary N) is 1. The molecule has 0 aliphatic heterocycles. The maximum absolute atomic E-state index is 12.4. The summed E-state index contributed by atoms with van der Waals surface area (Å²) in [5, 5.41) is 3.01. The summed E-state index contributed by atoms with van der Waals surface area (Å²) in [5.41, 5.74) is 8.05. The quantitative estimate of drug-likeness (QED) is 0.891. The predicted molar refractivity (Wildman–Crippen MR) is 86.4 cm³/mol. The van der Waals surface area contributed by atoms with Gasteiger partial charge in [-0.1, -0.05) is 13.8 Å². The smallest absolute Gasteiger partial charge is 0.270 e. The Labute approximate surface area is 129 Å². The van der Waals surface area contributed by atoms with Crippen LogP contribution in [0.1, 0.15) is 29.3 Å². The van der Waals surface area contributed by atoms with Crippen molar-refractivity contribution >= 4 is 17.2 Å². The Bertz CT molecular complexity index is 629. The number of carbonyl (C=O) groups is 1. The van der Waals surface area contributed by atoms with Crippen molar-refractivity contribution in [1.82, 2.24) is 14.9 Å². The molecule has 0 atom stereocenters. The van der Waals surface area contributed by atoms with Crippen molar-refractivity contribution in [3.8, 4) is 11.3 Å². The highest BCUT2D eigenvalue weighted by atomic mass is 32.1. The van der Waals surface area contributed by atoms with Crippen molar-refractivity contribution in [3.05, 3.63) is 28.3 Å². The monoisotopic (exact) mass is 306 g/mol. The van der Waals surface area contributed by atoms with E-state index in [4.69, 9.17) is 5.73 Å². The van der Waals surface area contributed by atoms with Crippen molar-refractivity contribution in [2.75, 3.05) is 20.1 Å². The van der Waals surface area contributed by atoms with Crippen LogP contribution < -0.4 is 5.73 Å². The Morgan fingerprint density at radius 1 is 1.52 bits per heavy atom. The fourth-order valence-electron chi connectivity index (χ4n) is 2.15. The molecule has 6 heteroatoms. The van der Waals surface area contributed by atoms with E-state index in [9.17, 15) is 4.79 Å². The van der Waals surface area contributed by atoms with Gasteiger partial charge in [-0.2, -0.15) is 0 Å². The minimum Gasteiger partial charge on any atom is -0.357 e. The van der Waals surface area contributed by atoms with E-state index < -0.39 is 0 Å². The van der Waals surface area contributed by atoms with E-state index in [0.29, 0.717) is 18.8 Å². The van der Waals surface area contributed by atoms with Crippen LogP contribution in [0.2, 0.25) is 0 Å². The summed E-state index contributed by atoms with van der Waals surface area (Å²) in [4.78, 5) is 21.6. The van der Waals surface area contributed by atoms with E-state index in [-0.39, 0.29) is 11.3 Å². The lowest BCUT2D eigenvalue weighted by atomic mass is 9.93. The lowest BCUT2D eigenvalue weighted by Gasteiger charge is -2.28. The Morgan fingerprint density at radius 3 is 2.81 bits per heavy atom. The van der Waals surface area contributed by atoms with E-state index in [1.807, 2.05) is 24.6 Å². The zero-order chi connectivity index (χ0) is 15.6. The van der Waals surface area contributed by atoms with E-state index in [0.717, 1.165) is 16.3 Å². The second kappa shape index (κ2) is 5.99. The number of H-pyrrole nitrogens is 1. The normalized spacial score (nSPS) is 11.7. The van der Waals surface area contributed by atoms with Gasteiger partial charge in [-0.15, -0.1) is 11.3 Å². The van der Waals surface area contributed by atoms with Gasteiger partial charge >= 0.3 is 0 Å². The number of carbonyl (C=O) groups excluding carboxylic acids is 1. The van der Waals surface area contributed by atoms with Gasteiger partial charge in [0.2, 0.25) is 0 Å². The number of nitrogens with zero attached hydrogens (tertiary/aromatic N) is 2. The van der Waals surface area contributed by atoms with Crippen LogP contribution in [0.3, 0.4) is 0 Å². The molecule has 21 heavy (non-hydrogen) atoms. The van der Waals surface area contributed by atoms with Crippen LogP contribution in [-0.2, 0) is 0 Å². The molecule has 0 saturated carbocycles. The molecule has 3 N–H and O–H groups in total. The molecule has 2 rings (SSSR count). The van der Waals surface area contributed by atoms with Gasteiger partial charge in [-0.25, -0.2) is 4.98 Å². The van der Waals surface area contributed by atoms with Crippen molar-refractivity contribution in [2.45, 2.75) is 20.8 Å². The first-order chi connectivity index (χ1) is 9.82. The molecule has 0 aromatic carbocycles. The minimum atomic E-state index is -0.0914. The second-order valence-corrected chi connectivity index (χ2v) is 7.15. The second-order valence-electron chi connectivity index (χ2n) is 6.08. The van der Waals surface area contributed by atoms with Crippen LogP contribution in [0.15, 0.2) is 17.6 Å². The number of hydrogen-bond donors (Lipinski definition) is 2. The van der Waals surface area contributed by atoms with Crippen LogP contribution in [0, 0.1) is 12.3 Å². The molecule has 5 nitrogen and oxygen atoms in total. The van der Waals surface area contributed by atoms with Crippen LogP contribution in [0.5, 0.6) is 0 Å². The molecule has 0 unspecified atom stereocenters. The maximum atomic E-state index is 12.4. The average molecular weight is 306 g/mol. The molecule has 2 aromatic heterocycles. The minimum absolute atomic E-state index is 0.0327. The van der Waals surface area contributed by atoms with Crippen LogP contribution in [-0.4, -0.2) is 40.9 Å². The number of aromatic nitrogens is 2. The van der Waals surface area contributed by atoms with E-state index in [1.165, 1.54) is 0 Å². The SMILES string of the molecule is Cc1nc(-c2c[nH]c(C(=O)N(C)CC(C)(C)CN)c2)cs1. The number of hydrogen-bond acceptors (Lipinski definition) is 4. The van der Waals surface area contributed by atoms with Gasteiger partial charge in [0.25, 0.3) is 5.91 Å². The largest absolute Gasteiger partial charge is 0.357 e. The number of thiazole rings is 1. The van der Waals surface area contributed by atoms with Gasteiger partial charge in [0, 0.05) is 30.7 Å². The summed E-state index contributed by atoms with van der Waals surface area (Å²) in [6.45, 7) is 7.23. The third-order valence-corrected chi connectivity index (χ3v) is 4.17. The molecule has 0 fully saturated rings. The van der Waals surface area contributed by atoms with Crippen LogP contribution in [0.25, 0.3) is 11.3 Å². The highest BCUT2D eigenvalue weighted by molar-refractivity contribution is 7.09. The third kappa shape index (κ3) is 3.71. The Morgan fingerprint density at radius 2 is 2.24 bits per heavy atom. The topological polar surface area (TPSA) is 75.0 Å². The first-order valence-corrected chi connectivity index (χ1v) is 7.77. The molecule has 2 aromatic rings. The fourth-order valence-corrected chi connectivity index (χ4v) is 2.77. The molecular weight excluding hydrogens is 284 g/mol. The summed E-state index contributed by atoms with van der Waals surface area (Å²) in [7, 11) is 1.80. The highest BCUT2D eigenvalue weighted by Gasteiger charge is 2.22. The molecule has 0 aliphatic rings. The lowest BCUT2D eigenvalue weighted by molar-refractivity contribution is 0.0735. The summed E-state index contributed by atoms with van der Waals surface area (Å²) < 4.78 is 0. The van der Waals surface area contributed by atoms with E-state index >= 15 is 0 Å². The number of aromatic amines is 1. The molecule has 0 spiro atoms. The first-order valence-electron chi connectivity index (χ1n) is 6.89. The predicted octanol–water partition coefficient (Wildman–Crippen LogP) is 2.50. The lowest BCUT2D eigenvalue weighted by Crippen LogP contribution is -2.39. The maximum Gasteiger partial charge on any atom is 0.270 e. The Balaban J connectivity index is 2.12. The third-order valence-electron chi connectivity index (χ3n) is 3.39.